The first-order valence-electron chi connectivity index (χ1n) is 13.5. The fraction of sp³-hybridized carbons (Fsp3) is 0.233. The van der Waals surface area contributed by atoms with E-state index in [2.05, 4.69) is 25.9 Å². The number of hydrogen-bond donors (Lipinski definition) is 5. The smallest absolute Gasteiger partial charge is 0.240 e. The third-order valence-corrected chi connectivity index (χ3v) is 7.80. The van der Waals surface area contributed by atoms with Crippen molar-refractivity contribution in [2.45, 2.75) is 18.7 Å². The van der Waals surface area contributed by atoms with Crippen LogP contribution in [0.1, 0.15) is 18.1 Å². The summed E-state index contributed by atoms with van der Waals surface area (Å²) in [6.45, 7) is 4.47. The van der Waals surface area contributed by atoms with Crippen molar-refractivity contribution in [1.29, 1.82) is 0 Å². The summed E-state index contributed by atoms with van der Waals surface area (Å²) in [7, 11) is -2.21. The van der Waals surface area contributed by atoms with E-state index in [1.165, 1.54) is 31.3 Å². The minimum atomic E-state index is -3.57. The van der Waals surface area contributed by atoms with Crippen LogP contribution in [0.25, 0.3) is 11.1 Å². The lowest BCUT2D eigenvalue weighted by atomic mass is 10.1. The van der Waals surface area contributed by atoms with Crippen molar-refractivity contribution in [2.24, 2.45) is 5.10 Å². The summed E-state index contributed by atoms with van der Waals surface area (Å²) in [4.78, 5) is 9.55. The van der Waals surface area contributed by atoms with E-state index in [9.17, 15) is 12.8 Å². The van der Waals surface area contributed by atoms with Crippen LogP contribution in [0.5, 0.6) is 0 Å². The number of rotatable bonds is 14. The van der Waals surface area contributed by atoms with Crippen molar-refractivity contribution in [3.8, 4) is 11.1 Å². The van der Waals surface area contributed by atoms with Gasteiger partial charge in [0.2, 0.25) is 16.0 Å². The minimum absolute atomic E-state index is 0.0801. The standard InChI is InChI=1S/C30H34FN7O4S/c1-20-9-12-24(31)19-26(20)34-30-35-28(33-15-17-42-18-16-39)27(23-7-5-4-6-8-23)29(36-30)38-37-21(2)22-10-13-25(14-11-22)43(40,41)32-3/h4-14,19,32,39H,15-18H2,1-3H3,(H3,33,34,35,36,38). The van der Waals surface area contributed by atoms with Crippen molar-refractivity contribution in [1.82, 2.24) is 14.7 Å². The topological polar surface area (TPSA) is 150 Å². The molecule has 0 radical (unpaired) electrons. The van der Waals surface area contributed by atoms with Crippen LogP contribution in [-0.2, 0) is 14.8 Å². The van der Waals surface area contributed by atoms with Crippen molar-refractivity contribution in [2.75, 3.05) is 49.5 Å². The van der Waals surface area contributed by atoms with E-state index in [1.807, 2.05) is 37.3 Å². The molecule has 43 heavy (non-hydrogen) atoms. The summed E-state index contributed by atoms with van der Waals surface area (Å²) < 4.78 is 46.0. The van der Waals surface area contributed by atoms with Crippen LogP contribution in [0.15, 0.2) is 82.8 Å². The highest BCUT2D eigenvalue weighted by molar-refractivity contribution is 7.89. The van der Waals surface area contributed by atoms with E-state index >= 15 is 0 Å². The summed E-state index contributed by atoms with van der Waals surface area (Å²) in [6.07, 6.45) is 0. The number of hydrazone groups is 1. The summed E-state index contributed by atoms with van der Waals surface area (Å²) in [5.41, 5.74) is 7.09. The van der Waals surface area contributed by atoms with E-state index < -0.39 is 15.8 Å². The Kier molecular flexibility index (Phi) is 10.7. The number of ether oxygens (including phenoxy) is 1. The first-order chi connectivity index (χ1) is 20.7. The number of hydrogen-bond acceptors (Lipinski definition) is 10. The van der Waals surface area contributed by atoms with Gasteiger partial charge in [-0.3, -0.25) is 5.43 Å². The molecular weight excluding hydrogens is 573 g/mol. The molecule has 4 aromatic rings. The van der Waals surface area contributed by atoms with Gasteiger partial charge in [0.25, 0.3) is 0 Å². The Morgan fingerprint density at radius 1 is 1.00 bits per heavy atom. The van der Waals surface area contributed by atoms with Crippen molar-refractivity contribution >= 4 is 39.0 Å². The average Bonchev–Trinajstić information content (AvgIpc) is 3.02. The molecule has 0 fully saturated rings. The molecule has 0 unspecified atom stereocenters. The molecule has 0 aliphatic carbocycles. The molecule has 0 saturated carbocycles. The van der Waals surface area contributed by atoms with E-state index in [1.54, 1.807) is 25.1 Å². The van der Waals surface area contributed by atoms with Crippen LogP contribution < -0.4 is 20.8 Å². The molecule has 11 nitrogen and oxygen atoms in total. The molecule has 1 heterocycles. The molecule has 0 atom stereocenters. The Bertz CT molecular complexity index is 1670. The van der Waals surface area contributed by atoms with Gasteiger partial charge in [0, 0.05) is 12.2 Å². The number of nitrogens with zero attached hydrogens (tertiary/aromatic N) is 3. The SMILES string of the molecule is CNS(=O)(=O)c1ccc(C(C)=NNc2nc(Nc3cc(F)ccc3C)nc(NCCOCCO)c2-c2ccccc2)cc1. The van der Waals surface area contributed by atoms with Crippen LogP contribution >= 0.6 is 0 Å². The number of aliphatic hydroxyl groups excluding tert-OH is 1. The van der Waals surface area contributed by atoms with Gasteiger partial charge >= 0.3 is 0 Å². The zero-order valence-electron chi connectivity index (χ0n) is 24.1. The van der Waals surface area contributed by atoms with Crippen molar-refractivity contribution < 1.29 is 22.7 Å². The number of sulfonamides is 1. The van der Waals surface area contributed by atoms with Gasteiger partial charge in [0.15, 0.2) is 5.82 Å². The second-order valence-electron chi connectivity index (χ2n) is 9.37. The van der Waals surface area contributed by atoms with Crippen LogP contribution in [0.4, 0.5) is 27.7 Å². The molecule has 226 valence electrons. The van der Waals surface area contributed by atoms with Crippen LogP contribution in [0.2, 0.25) is 0 Å². The largest absolute Gasteiger partial charge is 0.394 e. The number of anilines is 4. The third-order valence-electron chi connectivity index (χ3n) is 6.37. The molecule has 0 amide bonds. The van der Waals surface area contributed by atoms with E-state index in [0.717, 1.165) is 11.1 Å². The van der Waals surface area contributed by atoms with Gasteiger partial charge in [-0.05, 0) is 61.9 Å². The van der Waals surface area contributed by atoms with Gasteiger partial charge in [-0.15, -0.1) is 0 Å². The molecule has 4 rings (SSSR count). The number of benzene rings is 3. The monoisotopic (exact) mass is 607 g/mol. The number of aliphatic hydroxyl groups is 1. The van der Waals surface area contributed by atoms with E-state index in [4.69, 9.17) is 19.8 Å². The Morgan fingerprint density at radius 3 is 2.42 bits per heavy atom. The van der Waals surface area contributed by atoms with E-state index in [-0.39, 0.29) is 24.1 Å². The molecule has 0 saturated heterocycles. The molecule has 0 bridgehead atoms. The Labute approximate surface area is 250 Å². The van der Waals surface area contributed by atoms with Crippen LogP contribution in [0.3, 0.4) is 0 Å². The van der Waals surface area contributed by atoms with Gasteiger partial charge in [0.1, 0.15) is 11.6 Å². The Hall–Kier alpha value is -4.43. The lowest BCUT2D eigenvalue weighted by molar-refractivity contribution is 0.0992. The van der Waals surface area contributed by atoms with Gasteiger partial charge in [-0.25, -0.2) is 17.5 Å². The van der Waals surface area contributed by atoms with Gasteiger partial charge in [-0.2, -0.15) is 15.1 Å². The number of aryl methyl sites for hydroxylation is 1. The third kappa shape index (κ3) is 8.32. The predicted octanol–water partition coefficient (Wildman–Crippen LogP) is 4.50. The zero-order valence-corrected chi connectivity index (χ0v) is 24.9. The zero-order chi connectivity index (χ0) is 30.8. The lowest BCUT2D eigenvalue weighted by Crippen LogP contribution is -2.18. The molecule has 1 aromatic heterocycles. The van der Waals surface area contributed by atoms with Crippen LogP contribution in [-0.4, -0.2) is 62.6 Å². The molecule has 13 heteroatoms. The second kappa shape index (κ2) is 14.6. The number of nitrogens with one attached hydrogen (secondary N) is 4. The Balaban J connectivity index is 1.75. The first kappa shape index (κ1) is 31.5. The fourth-order valence-electron chi connectivity index (χ4n) is 4.06. The molecule has 0 spiro atoms. The van der Waals surface area contributed by atoms with Crippen molar-refractivity contribution in [3.05, 3.63) is 89.7 Å². The molecule has 0 aliphatic rings. The highest BCUT2D eigenvalue weighted by Crippen LogP contribution is 2.35. The summed E-state index contributed by atoms with van der Waals surface area (Å²) >= 11 is 0. The maximum absolute atomic E-state index is 14.1. The molecule has 3 aromatic carbocycles. The highest BCUT2D eigenvalue weighted by atomic mass is 32.2. The van der Waals surface area contributed by atoms with E-state index in [0.29, 0.717) is 47.3 Å². The number of aromatic nitrogens is 2. The highest BCUT2D eigenvalue weighted by Gasteiger charge is 2.18. The normalized spacial score (nSPS) is 11.8. The minimum Gasteiger partial charge on any atom is -0.394 e. The first-order valence-corrected chi connectivity index (χ1v) is 15.0. The summed E-state index contributed by atoms with van der Waals surface area (Å²) in [6, 6.07) is 20.3. The van der Waals surface area contributed by atoms with Crippen LogP contribution in [0, 0.1) is 12.7 Å². The maximum atomic E-state index is 14.1. The summed E-state index contributed by atoms with van der Waals surface area (Å²) in [5, 5.41) is 20.0. The maximum Gasteiger partial charge on any atom is 0.240 e. The number of halogens is 1. The fourth-order valence-corrected chi connectivity index (χ4v) is 4.79. The quantitative estimate of drug-likeness (QED) is 0.0793. The van der Waals surface area contributed by atoms with Gasteiger partial charge in [0.05, 0.1) is 36.0 Å². The lowest BCUT2D eigenvalue weighted by Gasteiger charge is -2.18. The van der Waals surface area contributed by atoms with Gasteiger partial charge < -0.3 is 20.5 Å². The predicted molar refractivity (Wildman–Crippen MR) is 167 cm³/mol. The van der Waals surface area contributed by atoms with Gasteiger partial charge in [-0.1, -0.05) is 48.5 Å². The average molecular weight is 608 g/mol. The molecular formula is C30H34FN7O4S. The molecule has 0 aliphatic heterocycles. The molecule has 5 N–H and O–H groups in total. The van der Waals surface area contributed by atoms with Crippen molar-refractivity contribution in [3.63, 3.8) is 0 Å². The Morgan fingerprint density at radius 2 is 1.72 bits per heavy atom. The second-order valence-corrected chi connectivity index (χ2v) is 11.3. The summed E-state index contributed by atoms with van der Waals surface area (Å²) in [5.74, 6) is 0.636.